The Morgan fingerprint density at radius 3 is 2.71 bits per heavy atom. The number of piperazine rings is 1. The molecule has 21 heavy (non-hydrogen) atoms. The number of carbonyl (C=O) groups is 2. The third-order valence-electron chi connectivity index (χ3n) is 3.79. The van der Waals surface area contributed by atoms with Crippen LogP contribution in [0.25, 0.3) is 10.9 Å². The van der Waals surface area contributed by atoms with Crippen LogP contribution in [0.4, 0.5) is 0 Å². The molecule has 1 aliphatic heterocycles. The maximum atomic E-state index is 12.1. The molecule has 1 fully saturated rings. The molecule has 0 saturated carbocycles. The first-order valence-corrected chi connectivity index (χ1v) is 6.90. The highest BCUT2D eigenvalue weighted by molar-refractivity contribution is 5.97. The van der Waals surface area contributed by atoms with Crippen LogP contribution < -0.4 is 10.6 Å². The molecule has 6 nitrogen and oxygen atoms in total. The summed E-state index contributed by atoms with van der Waals surface area (Å²) >= 11 is 0. The Kier molecular flexibility index (Phi) is 3.39. The van der Waals surface area contributed by atoms with Crippen LogP contribution in [0.15, 0.2) is 30.5 Å². The molecule has 1 aliphatic rings. The van der Waals surface area contributed by atoms with Crippen LogP contribution in [0, 0.1) is 0 Å². The first-order chi connectivity index (χ1) is 10.1. The van der Waals surface area contributed by atoms with Gasteiger partial charge in [-0.05, 0) is 18.6 Å². The highest BCUT2D eigenvalue weighted by Crippen LogP contribution is 2.19. The normalized spacial score (nSPS) is 23.7. The minimum absolute atomic E-state index is 0.272. The Labute approximate surface area is 121 Å². The van der Waals surface area contributed by atoms with E-state index in [1.165, 1.54) is 6.92 Å². The van der Waals surface area contributed by atoms with Crippen LogP contribution in [-0.2, 0) is 16.0 Å². The van der Waals surface area contributed by atoms with Gasteiger partial charge < -0.3 is 20.7 Å². The molecule has 110 valence electrons. The van der Waals surface area contributed by atoms with Crippen molar-refractivity contribution in [2.75, 3.05) is 0 Å². The van der Waals surface area contributed by atoms with E-state index in [9.17, 15) is 14.7 Å². The molecule has 4 N–H and O–H groups in total. The SMILES string of the molecule is C[C@@H](O)[C@H]1NC(=O)[C@@H](Cc2c[nH]c3ccccc23)NC1=O. The van der Waals surface area contributed by atoms with Crippen molar-refractivity contribution in [1.29, 1.82) is 0 Å². The molecule has 0 unspecified atom stereocenters. The average Bonchev–Trinajstić information content (AvgIpc) is 2.85. The second kappa shape index (κ2) is 5.21. The molecule has 0 aliphatic carbocycles. The number of aromatic nitrogens is 1. The highest BCUT2D eigenvalue weighted by atomic mass is 16.3. The second-order valence-electron chi connectivity index (χ2n) is 5.35. The van der Waals surface area contributed by atoms with Crippen molar-refractivity contribution in [3.05, 3.63) is 36.0 Å². The van der Waals surface area contributed by atoms with Crippen molar-refractivity contribution in [3.8, 4) is 0 Å². The number of amides is 2. The summed E-state index contributed by atoms with van der Waals surface area (Å²) in [5, 5.41) is 15.7. The smallest absolute Gasteiger partial charge is 0.245 e. The van der Waals surface area contributed by atoms with E-state index in [0.29, 0.717) is 6.42 Å². The summed E-state index contributed by atoms with van der Waals surface area (Å²) < 4.78 is 0. The Morgan fingerprint density at radius 2 is 1.95 bits per heavy atom. The van der Waals surface area contributed by atoms with Gasteiger partial charge in [-0.1, -0.05) is 18.2 Å². The maximum Gasteiger partial charge on any atom is 0.245 e. The Bertz CT molecular complexity index is 692. The van der Waals surface area contributed by atoms with Gasteiger partial charge in [0.15, 0.2) is 0 Å². The second-order valence-corrected chi connectivity index (χ2v) is 5.35. The van der Waals surface area contributed by atoms with Crippen LogP contribution in [0.5, 0.6) is 0 Å². The van der Waals surface area contributed by atoms with E-state index in [1.54, 1.807) is 0 Å². The number of benzene rings is 1. The van der Waals surface area contributed by atoms with E-state index in [-0.39, 0.29) is 11.8 Å². The molecule has 0 radical (unpaired) electrons. The number of para-hydroxylation sites is 1. The summed E-state index contributed by atoms with van der Waals surface area (Å²) in [6.07, 6.45) is 1.35. The molecule has 0 spiro atoms. The van der Waals surface area contributed by atoms with Crippen LogP contribution in [0.2, 0.25) is 0 Å². The van der Waals surface area contributed by atoms with Gasteiger partial charge in [0.1, 0.15) is 12.1 Å². The molecule has 2 amide bonds. The van der Waals surface area contributed by atoms with Gasteiger partial charge >= 0.3 is 0 Å². The topological polar surface area (TPSA) is 94.2 Å². The van der Waals surface area contributed by atoms with E-state index in [0.717, 1.165) is 16.5 Å². The Hall–Kier alpha value is -2.34. The molecular formula is C15H17N3O3. The summed E-state index contributed by atoms with van der Waals surface area (Å²) in [7, 11) is 0. The van der Waals surface area contributed by atoms with Crippen molar-refractivity contribution in [3.63, 3.8) is 0 Å². The molecular weight excluding hydrogens is 270 g/mol. The first-order valence-electron chi connectivity index (χ1n) is 6.90. The lowest BCUT2D eigenvalue weighted by molar-refractivity contribution is -0.139. The minimum atomic E-state index is -0.914. The number of fused-ring (bicyclic) bond motifs is 1. The van der Waals surface area contributed by atoms with Crippen LogP contribution in [0.3, 0.4) is 0 Å². The minimum Gasteiger partial charge on any atom is -0.391 e. The van der Waals surface area contributed by atoms with Crippen molar-refractivity contribution in [1.82, 2.24) is 15.6 Å². The number of H-pyrrole nitrogens is 1. The van der Waals surface area contributed by atoms with Crippen LogP contribution in [-0.4, -0.2) is 40.1 Å². The Balaban J connectivity index is 1.79. The van der Waals surface area contributed by atoms with Crippen molar-refractivity contribution < 1.29 is 14.7 Å². The van der Waals surface area contributed by atoms with Gasteiger partial charge in [-0.2, -0.15) is 0 Å². The fourth-order valence-corrected chi connectivity index (χ4v) is 2.65. The number of hydrogen-bond acceptors (Lipinski definition) is 3. The lowest BCUT2D eigenvalue weighted by atomic mass is 10.00. The fourth-order valence-electron chi connectivity index (χ4n) is 2.65. The summed E-state index contributed by atoms with van der Waals surface area (Å²) in [6, 6.07) is 6.31. The molecule has 3 atom stereocenters. The Morgan fingerprint density at radius 1 is 1.19 bits per heavy atom. The molecule has 1 saturated heterocycles. The standard InChI is InChI=1S/C15H17N3O3/c1-8(19)13-15(21)17-12(14(20)18-13)6-9-7-16-11-5-3-2-4-10(9)11/h2-5,7-8,12-13,16,19H,6H2,1H3,(H,17,21)(H,18,20)/t8-,12-,13-/m1/s1. The van der Waals surface area contributed by atoms with E-state index < -0.39 is 18.2 Å². The summed E-state index contributed by atoms with van der Waals surface area (Å²) in [5.74, 6) is -0.625. The van der Waals surface area contributed by atoms with Crippen molar-refractivity contribution in [2.24, 2.45) is 0 Å². The predicted molar refractivity (Wildman–Crippen MR) is 77.5 cm³/mol. The zero-order valence-electron chi connectivity index (χ0n) is 11.6. The number of aliphatic hydroxyl groups excluding tert-OH is 1. The number of nitrogens with one attached hydrogen (secondary N) is 3. The number of rotatable bonds is 3. The number of hydrogen-bond donors (Lipinski definition) is 4. The van der Waals surface area contributed by atoms with E-state index in [2.05, 4.69) is 15.6 Å². The molecule has 2 aromatic rings. The zero-order valence-corrected chi connectivity index (χ0v) is 11.6. The third kappa shape index (κ3) is 2.50. The van der Waals surface area contributed by atoms with E-state index in [1.807, 2.05) is 30.5 Å². The number of aliphatic hydroxyl groups is 1. The van der Waals surface area contributed by atoms with Crippen molar-refractivity contribution >= 4 is 22.7 Å². The maximum absolute atomic E-state index is 12.1. The number of carbonyl (C=O) groups excluding carboxylic acids is 2. The van der Waals surface area contributed by atoms with Gasteiger partial charge in [0.25, 0.3) is 0 Å². The van der Waals surface area contributed by atoms with Crippen LogP contribution >= 0.6 is 0 Å². The third-order valence-corrected chi connectivity index (χ3v) is 3.79. The zero-order chi connectivity index (χ0) is 15.0. The van der Waals surface area contributed by atoms with Gasteiger partial charge in [0.2, 0.25) is 11.8 Å². The molecule has 2 heterocycles. The van der Waals surface area contributed by atoms with Gasteiger partial charge in [0, 0.05) is 23.5 Å². The molecule has 0 bridgehead atoms. The molecule has 6 heteroatoms. The monoisotopic (exact) mass is 287 g/mol. The summed E-state index contributed by atoms with van der Waals surface area (Å²) in [5.41, 5.74) is 1.97. The molecule has 3 rings (SSSR count). The summed E-state index contributed by atoms with van der Waals surface area (Å²) in [6.45, 7) is 1.48. The predicted octanol–water partition coefficient (Wildman–Crippen LogP) is 0.0744. The van der Waals surface area contributed by atoms with Crippen LogP contribution in [0.1, 0.15) is 12.5 Å². The largest absolute Gasteiger partial charge is 0.391 e. The summed E-state index contributed by atoms with van der Waals surface area (Å²) in [4.78, 5) is 27.1. The quantitative estimate of drug-likeness (QED) is 0.643. The first kappa shape index (κ1) is 13.6. The highest BCUT2D eigenvalue weighted by Gasteiger charge is 2.36. The van der Waals surface area contributed by atoms with Gasteiger partial charge in [-0.25, -0.2) is 0 Å². The van der Waals surface area contributed by atoms with Crippen molar-refractivity contribution in [2.45, 2.75) is 31.5 Å². The lowest BCUT2D eigenvalue weighted by Gasteiger charge is -2.30. The van der Waals surface area contributed by atoms with Gasteiger partial charge in [0.05, 0.1) is 6.10 Å². The van der Waals surface area contributed by atoms with E-state index in [4.69, 9.17) is 0 Å². The number of aromatic amines is 1. The van der Waals surface area contributed by atoms with Gasteiger partial charge in [-0.3, -0.25) is 9.59 Å². The van der Waals surface area contributed by atoms with E-state index >= 15 is 0 Å². The lowest BCUT2D eigenvalue weighted by Crippen LogP contribution is -2.65. The van der Waals surface area contributed by atoms with Gasteiger partial charge in [-0.15, -0.1) is 0 Å². The fraction of sp³-hybridized carbons (Fsp3) is 0.333. The average molecular weight is 287 g/mol. The molecule has 1 aromatic carbocycles. The molecule has 1 aromatic heterocycles.